The van der Waals surface area contributed by atoms with Crippen molar-refractivity contribution in [1.82, 2.24) is 8.96 Å². The van der Waals surface area contributed by atoms with E-state index in [0.717, 1.165) is 11.3 Å². The number of aryl methyl sites for hydroxylation is 2. The molecule has 1 heterocycles. The molecule has 0 fully saturated rings. The number of imidazole rings is 1. The van der Waals surface area contributed by atoms with Crippen molar-refractivity contribution in [2.75, 3.05) is 6.61 Å². The summed E-state index contributed by atoms with van der Waals surface area (Å²) in [6.07, 6.45) is 2.13. The van der Waals surface area contributed by atoms with Crippen molar-refractivity contribution in [1.29, 1.82) is 0 Å². The number of ether oxygens (including phenoxy) is 1. The predicted molar refractivity (Wildman–Crippen MR) is 86.0 cm³/mol. The Morgan fingerprint density at radius 2 is 1.82 bits per heavy atom. The molecule has 0 saturated heterocycles. The first-order valence-corrected chi connectivity index (χ1v) is 8.80. The molecule has 0 radical (unpaired) electrons. The molecule has 0 atom stereocenters. The van der Waals surface area contributed by atoms with Gasteiger partial charge in [-0.25, -0.2) is 17.4 Å². The Kier molecular flexibility index (Phi) is 4.60. The minimum Gasteiger partial charge on any atom is -0.494 e. The largest absolute Gasteiger partial charge is 0.494 e. The van der Waals surface area contributed by atoms with Crippen LogP contribution in [0.5, 0.6) is 5.75 Å². The summed E-state index contributed by atoms with van der Waals surface area (Å²) in [4.78, 5) is 4.57. The summed E-state index contributed by atoms with van der Waals surface area (Å²) >= 11 is 0. The third-order valence-electron chi connectivity index (χ3n) is 3.70. The van der Waals surface area contributed by atoms with Gasteiger partial charge in [-0.15, -0.1) is 0 Å². The molecule has 0 aliphatic carbocycles. The molecule has 5 nitrogen and oxygen atoms in total. The lowest BCUT2D eigenvalue weighted by Gasteiger charge is -2.15. The van der Waals surface area contributed by atoms with Gasteiger partial charge in [0.2, 0.25) is 0 Å². The van der Waals surface area contributed by atoms with E-state index in [1.54, 1.807) is 32.2 Å². The van der Waals surface area contributed by atoms with E-state index in [4.69, 9.17) is 4.74 Å². The zero-order valence-electron chi connectivity index (χ0n) is 13.7. The Balaban J connectivity index is 2.62. The molecule has 0 amide bonds. The van der Waals surface area contributed by atoms with Crippen molar-refractivity contribution in [3.05, 3.63) is 41.0 Å². The van der Waals surface area contributed by atoms with Gasteiger partial charge in [0.1, 0.15) is 11.6 Å². The molecular formula is C16H22N2O3S. The Morgan fingerprint density at radius 1 is 1.14 bits per heavy atom. The Hall–Kier alpha value is -1.82. The van der Waals surface area contributed by atoms with Gasteiger partial charge in [-0.3, -0.25) is 0 Å². The summed E-state index contributed by atoms with van der Waals surface area (Å²) in [6.45, 7) is 9.82. The van der Waals surface area contributed by atoms with E-state index in [0.29, 0.717) is 35.0 Å². The third-order valence-corrected chi connectivity index (χ3v) is 5.54. The molecule has 1 aromatic heterocycles. The smallest absolute Gasteiger partial charge is 0.269 e. The fourth-order valence-electron chi connectivity index (χ4n) is 2.44. The molecule has 0 bridgehead atoms. The van der Waals surface area contributed by atoms with Crippen LogP contribution in [0.25, 0.3) is 0 Å². The second-order valence-corrected chi connectivity index (χ2v) is 6.98. The van der Waals surface area contributed by atoms with Gasteiger partial charge in [-0.05, 0) is 51.0 Å². The summed E-state index contributed by atoms with van der Waals surface area (Å²) in [6, 6.07) is 3.32. The standard InChI is InChI=1S/C16H22N2O3S/c1-6-16-17-11(3)10-18(16)22(19,20)15-9-8-14(21-7-2)12(4)13(15)5/h8-10H,6-7H2,1-5H3. The maximum atomic E-state index is 13.0. The van der Waals surface area contributed by atoms with E-state index in [2.05, 4.69) is 4.98 Å². The van der Waals surface area contributed by atoms with Crippen LogP contribution < -0.4 is 4.74 Å². The van der Waals surface area contributed by atoms with Crippen LogP contribution in [0.4, 0.5) is 0 Å². The molecule has 0 N–H and O–H groups in total. The minimum absolute atomic E-state index is 0.292. The number of nitrogens with zero attached hydrogens (tertiary/aromatic N) is 2. The molecule has 6 heteroatoms. The van der Waals surface area contributed by atoms with Gasteiger partial charge in [0.25, 0.3) is 10.0 Å². The number of benzene rings is 1. The Labute approximate surface area is 132 Å². The van der Waals surface area contributed by atoms with Crippen LogP contribution in [-0.2, 0) is 16.4 Å². The molecule has 2 aromatic rings. The third kappa shape index (κ3) is 2.75. The van der Waals surface area contributed by atoms with E-state index in [-0.39, 0.29) is 0 Å². The fraction of sp³-hybridized carbons (Fsp3) is 0.438. The van der Waals surface area contributed by atoms with E-state index in [9.17, 15) is 8.42 Å². The zero-order chi connectivity index (χ0) is 16.5. The second kappa shape index (κ2) is 6.12. The van der Waals surface area contributed by atoms with Crippen LogP contribution >= 0.6 is 0 Å². The van der Waals surface area contributed by atoms with E-state index in [1.165, 1.54) is 3.97 Å². The molecular weight excluding hydrogens is 300 g/mol. The predicted octanol–water partition coefficient (Wildman–Crippen LogP) is 3.01. The van der Waals surface area contributed by atoms with Crippen LogP contribution in [0.2, 0.25) is 0 Å². The SMILES string of the molecule is CCOc1ccc(S(=O)(=O)n2cc(C)nc2CC)c(C)c1C. The van der Waals surface area contributed by atoms with E-state index >= 15 is 0 Å². The average molecular weight is 322 g/mol. The van der Waals surface area contributed by atoms with Crippen molar-refractivity contribution in [3.63, 3.8) is 0 Å². The van der Waals surface area contributed by atoms with Gasteiger partial charge >= 0.3 is 0 Å². The van der Waals surface area contributed by atoms with Crippen molar-refractivity contribution in [3.8, 4) is 5.75 Å². The molecule has 2 rings (SSSR count). The van der Waals surface area contributed by atoms with Crippen LogP contribution in [-0.4, -0.2) is 24.0 Å². The van der Waals surface area contributed by atoms with Gasteiger partial charge in [-0.2, -0.15) is 0 Å². The quantitative estimate of drug-likeness (QED) is 0.849. The monoisotopic (exact) mass is 322 g/mol. The molecule has 0 aliphatic rings. The fourth-order valence-corrected chi connectivity index (χ4v) is 4.17. The number of hydrogen-bond donors (Lipinski definition) is 0. The summed E-state index contributed by atoms with van der Waals surface area (Å²) in [5.41, 5.74) is 2.25. The second-order valence-electron chi connectivity index (χ2n) is 5.20. The highest BCUT2D eigenvalue weighted by Gasteiger charge is 2.24. The Bertz CT molecular complexity index is 792. The average Bonchev–Trinajstić information content (AvgIpc) is 2.86. The summed E-state index contributed by atoms with van der Waals surface area (Å²) in [5, 5.41) is 0. The van der Waals surface area contributed by atoms with Gasteiger partial charge in [0, 0.05) is 12.6 Å². The lowest BCUT2D eigenvalue weighted by molar-refractivity contribution is 0.337. The van der Waals surface area contributed by atoms with Crippen LogP contribution in [0.15, 0.2) is 23.2 Å². The first-order valence-electron chi connectivity index (χ1n) is 7.36. The zero-order valence-corrected chi connectivity index (χ0v) is 14.5. The lowest BCUT2D eigenvalue weighted by Crippen LogP contribution is -2.16. The first kappa shape index (κ1) is 16.5. The first-order chi connectivity index (χ1) is 10.3. The van der Waals surface area contributed by atoms with Crippen molar-refractivity contribution < 1.29 is 13.2 Å². The topological polar surface area (TPSA) is 61.2 Å². The van der Waals surface area contributed by atoms with E-state index in [1.807, 2.05) is 20.8 Å². The van der Waals surface area contributed by atoms with Crippen LogP contribution in [0.1, 0.15) is 36.5 Å². The highest BCUT2D eigenvalue weighted by molar-refractivity contribution is 7.90. The molecule has 0 saturated carbocycles. The number of rotatable bonds is 5. The summed E-state index contributed by atoms with van der Waals surface area (Å²) < 4.78 is 32.7. The highest BCUT2D eigenvalue weighted by Crippen LogP contribution is 2.29. The summed E-state index contributed by atoms with van der Waals surface area (Å²) in [5.74, 6) is 1.26. The van der Waals surface area contributed by atoms with Gasteiger partial charge in [-0.1, -0.05) is 6.92 Å². The molecule has 0 aliphatic heterocycles. The highest BCUT2D eigenvalue weighted by atomic mass is 32.2. The molecule has 22 heavy (non-hydrogen) atoms. The maximum absolute atomic E-state index is 13.0. The van der Waals surface area contributed by atoms with Crippen molar-refractivity contribution >= 4 is 10.0 Å². The molecule has 1 aromatic carbocycles. The number of aromatic nitrogens is 2. The number of hydrogen-bond acceptors (Lipinski definition) is 4. The van der Waals surface area contributed by atoms with Gasteiger partial charge < -0.3 is 4.74 Å². The van der Waals surface area contributed by atoms with Gasteiger partial charge in [0.05, 0.1) is 17.2 Å². The van der Waals surface area contributed by atoms with Crippen LogP contribution in [0, 0.1) is 20.8 Å². The molecule has 120 valence electrons. The molecule has 0 unspecified atom stereocenters. The van der Waals surface area contributed by atoms with E-state index < -0.39 is 10.0 Å². The molecule has 0 spiro atoms. The van der Waals surface area contributed by atoms with Crippen molar-refractivity contribution in [2.45, 2.75) is 45.9 Å². The van der Waals surface area contributed by atoms with Crippen molar-refractivity contribution in [2.24, 2.45) is 0 Å². The summed E-state index contributed by atoms with van der Waals surface area (Å²) in [7, 11) is -3.65. The van der Waals surface area contributed by atoms with Crippen LogP contribution in [0.3, 0.4) is 0 Å². The minimum atomic E-state index is -3.65. The lowest BCUT2D eigenvalue weighted by atomic mass is 10.1. The normalized spacial score (nSPS) is 11.7. The Morgan fingerprint density at radius 3 is 2.41 bits per heavy atom. The maximum Gasteiger partial charge on any atom is 0.269 e. The van der Waals surface area contributed by atoms with Gasteiger partial charge in [0.15, 0.2) is 0 Å².